The molecule has 3 nitrogen and oxygen atoms in total. The van der Waals surface area contributed by atoms with Crippen LogP contribution in [0.4, 0.5) is 4.39 Å². The molecule has 112 valence electrons. The van der Waals surface area contributed by atoms with E-state index in [4.69, 9.17) is 15.2 Å². The van der Waals surface area contributed by atoms with Crippen LogP contribution in [0.5, 0.6) is 5.75 Å². The van der Waals surface area contributed by atoms with E-state index in [1.165, 1.54) is 6.07 Å². The second-order valence-corrected chi connectivity index (χ2v) is 5.69. The lowest BCUT2D eigenvalue weighted by molar-refractivity contribution is 0.0205. The van der Waals surface area contributed by atoms with Crippen molar-refractivity contribution >= 4 is 0 Å². The molecule has 1 fully saturated rings. The zero-order valence-electron chi connectivity index (χ0n) is 12.5. The molecule has 2 unspecified atom stereocenters. The molecule has 1 aliphatic carbocycles. The van der Waals surface area contributed by atoms with Gasteiger partial charge in [0.05, 0.1) is 6.10 Å². The Kier molecular flexibility index (Phi) is 5.00. The molecule has 0 amide bonds. The number of methoxy groups -OCH3 is 1. The number of benzene rings is 1. The van der Waals surface area contributed by atoms with Gasteiger partial charge in [0, 0.05) is 25.1 Å². The first kappa shape index (κ1) is 15.3. The summed E-state index contributed by atoms with van der Waals surface area (Å²) in [7, 11) is 1.74. The van der Waals surface area contributed by atoms with Crippen molar-refractivity contribution in [3.63, 3.8) is 0 Å². The quantitative estimate of drug-likeness (QED) is 0.918. The minimum atomic E-state index is -0.248. The Morgan fingerprint density at radius 1 is 1.30 bits per heavy atom. The van der Waals surface area contributed by atoms with E-state index >= 15 is 0 Å². The third-order valence-electron chi connectivity index (χ3n) is 3.99. The van der Waals surface area contributed by atoms with Gasteiger partial charge in [-0.15, -0.1) is 0 Å². The van der Waals surface area contributed by atoms with Crippen molar-refractivity contribution in [2.24, 2.45) is 5.73 Å². The summed E-state index contributed by atoms with van der Waals surface area (Å²) < 4.78 is 25.2. The van der Waals surface area contributed by atoms with E-state index in [1.54, 1.807) is 20.1 Å². The van der Waals surface area contributed by atoms with Gasteiger partial charge in [0.25, 0.3) is 0 Å². The van der Waals surface area contributed by atoms with Crippen molar-refractivity contribution in [3.05, 3.63) is 29.1 Å². The van der Waals surface area contributed by atoms with Gasteiger partial charge in [0.15, 0.2) is 0 Å². The van der Waals surface area contributed by atoms with Gasteiger partial charge in [0.1, 0.15) is 17.7 Å². The van der Waals surface area contributed by atoms with Crippen LogP contribution >= 0.6 is 0 Å². The van der Waals surface area contributed by atoms with E-state index in [9.17, 15) is 4.39 Å². The molecule has 0 aliphatic heterocycles. The fraction of sp³-hybridized carbons (Fsp3) is 0.625. The standard InChI is InChI=1S/C16H24FNO2/c1-10-7-16(14(11(2)18)9-15(10)17)20-13-6-4-5-12(8-13)19-3/h7,9,11-13H,4-6,8,18H2,1-3H3/t11-,12?,13?/m1/s1. The third kappa shape index (κ3) is 3.49. The molecule has 1 saturated carbocycles. The predicted molar refractivity (Wildman–Crippen MR) is 77.4 cm³/mol. The SMILES string of the molecule is COC1CCCC(Oc2cc(C)c(F)cc2[C@@H](C)N)C1. The summed E-state index contributed by atoms with van der Waals surface area (Å²) in [4.78, 5) is 0. The predicted octanol–water partition coefficient (Wildman–Crippen LogP) is 3.49. The van der Waals surface area contributed by atoms with Gasteiger partial charge in [-0.25, -0.2) is 4.39 Å². The summed E-state index contributed by atoms with van der Waals surface area (Å²) in [5.41, 5.74) is 7.24. The van der Waals surface area contributed by atoms with Crippen LogP contribution in [0.15, 0.2) is 12.1 Å². The lowest BCUT2D eigenvalue weighted by Crippen LogP contribution is -2.30. The van der Waals surface area contributed by atoms with Crippen LogP contribution in [0.2, 0.25) is 0 Å². The largest absolute Gasteiger partial charge is 0.490 e. The van der Waals surface area contributed by atoms with E-state index in [0.29, 0.717) is 11.3 Å². The molecule has 0 bridgehead atoms. The number of hydrogen-bond acceptors (Lipinski definition) is 3. The zero-order valence-corrected chi connectivity index (χ0v) is 12.5. The van der Waals surface area contributed by atoms with Gasteiger partial charge in [0.2, 0.25) is 0 Å². The molecule has 0 spiro atoms. The molecule has 1 aromatic carbocycles. The van der Waals surface area contributed by atoms with Crippen molar-refractivity contribution < 1.29 is 13.9 Å². The highest BCUT2D eigenvalue weighted by molar-refractivity contribution is 5.40. The van der Waals surface area contributed by atoms with Crippen LogP contribution in [0.1, 0.15) is 49.8 Å². The van der Waals surface area contributed by atoms with Crippen molar-refractivity contribution in [3.8, 4) is 5.75 Å². The normalized spacial score (nSPS) is 24.4. The molecule has 20 heavy (non-hydrogen) atoms. The highest BCUT2D eigenvalue weighted by Crippen LogP contribution is 2.31. The monoisotopic (exact) mass is 281 g/mol. The summed E-state index contributed by atoms with van der Waals surface area (Å²) in [6.45, 7) is 3.59. The molecule has 0 heterocycles. The first-order valence-corrected chi connectivity index (χ1v) is 7.26. The number of rotatable bonds is 4. The first-order chi connectivity index (χ1) is 9.51. The number of aryl methyl sites for hydroxylation is 1. The number of halogens is 1. The molecule has 3 atom stereocenters. The second-order valence-electron chi connectivity index (χ2n) is 5.69. The van der Waals surface area contributed by atoms with Crippen molar-refractivity contribution in [1.82, 2.24) is 0 Å². The fourth-order valence-corrected chi connectivity index (χ4v) is 2.73. The van der Waals surface area contributed by atoms with Crippen molar-refractivity contribution in [1.29, 1.82) is 0 Å². The fourth-order valence-electron chi connectivity index (χ4n) is 2.73. The van der Waals surface area contributed by atoms with E-state index in [0.717, 1.165) is 31.2 Å². The van der Waals surface area contributed by atoms with Gasteiger partial charge >= 0.3 is 0 Å². The Labute approximate surface area is 120 Å². The Morgan fingerprint density at radius 2 is 2.00 bits per heavy atom. The van der Waals surface area contributed by atoms with Crippen LogP contribution < -0.4 is 10.5 Å². The molecule has 4 heteroatoms. The third-order valence-corrected chi connectivity index (χ3v) is 3.99. The maximum absolute atomic E-state index is 13.7. The molecule has 0 aromatic heterocycles. The molecule has 1 aliphatic rings. The van der Waals surface area contributed by atoms with Crippen LogP contribution in [-0.2, 0) is 4.74 Å². The smallest absolute Gasteiger partial charge is 0.126 e. The van der Waals surface area contributed by atoms with Gasteiger partial charge in [-0.1, -0.05) is 0 Å². The lowest BCUT2D eigenvalue weighted by atomic mass is 9.94. The number of nitrogens with two attached hydrogens (primary N) is 1. The first-order valence-electron chi connectivity index (χ1n) is 7.26. The number of hydrogen-bond donors (Lipinski definition) is 1. The summed E-state index contributed by atoms with van der Waals surface area (Å²) >= 11 is 0. The van der Waals surface area contributed by atoms with Crippen LogP contribution in [0, 0.1) is 12.7 Å². The van der Waals surface area contributed by atoms with Crippen LogP contribution in [0.3, 0.4) is 0 Å². The minimum absolute atomic E-state index is 0.121. The topological polar surface area (TPSA) is 44.5 Å². The maximum atomic E-state index is 13.7. The van der Waals surface area contributed by atoms with Crippen molar-refractivity contribution in [2.45, 2.75) is 57.8 Å². The maximum Gasteiger partial charge on any atom is 0.126 e. The second kappa shape index (κ2) is 6.55. The Hall–Kier alpha value is -1.13. The number of ether oxygens (including phenoxy) is 2. The van der Waals surface area contributed by atoms with Gasteiger partial charge in [-0.3, -0.25) is 0 Å². The molecule has 2 rings (SSSR count). The summed E-state index contributed by atoms with van der Waals surface area (Å²) in [5, 5.41) is 0. The average Bonchev–Trinajstić information content (AvgIpc) is 2.42. The zero-order chi connectivity index (χ0) is 14.7. The Balaban J connectivity index is 2.17. The van der Waals surface area contributed by atoms with E-state index < -0.39 is 0 Å². The molecular formula is C16H24FNO2. The van der Waals surface area contributed by atoms with Gasteiger partial charge < -0.3 is 15.2 Å². The van der Waals surface area contributed by atoms with E-state index in [-0.39, 0.29) is 24.1 Å². The van der Waals surface area contributed by atoms with Gasteiger partial charge in [-0.05, 0) is 50.8 Å². The summed E-state index contributed by atoms with van der Waals surface area (Å²) in [6.07, 6.45) is 4.45. The van der Waals surface area contributed by atoms with Gasteiger partial charge in [-0.2, -0.15) is 0 Å². The van der Waals surface area contributed by atoms with Crippen molar-refractivity contribution in [2.75, 3.05) is 7.11 Å². The average molecular weight is 281 g/mol. The van der Waals surface area contributed by atoms with Crippen LogP contribution in [-0.4, -0.2) is 19.3 Å². The Bertz CT molecular complexity index is 462. The highest BCUT2D eigenvalue weighted by Gasteiger charge is 2.24. The highest BCUT2D eigenvalue weighted by atomic mass is 19.1. The van der Waals surface area contributed by atoms with E-state index in [2.05, 4.69) is 0 Å². The Morgan fingerprint density at radius 3 is 2.65 bits per heavy atom. The molecule has 0 saturated heterocycles. The van der Waals surface area contributed by atoms with E-state index in [1.807, 2.05) is 6.92 Å². The lowest BCUT2D eigenvalue weighted by Gasteiger charge is -2.30. The van der Waals surface area contributed by atoms with Crippen LogP contribution in [0.25, 0.3) is 0 Å². The molecular weight excluding hydrogens is 257 g/mol. The summed E-state index contributed by atoms with van der Waals surface area (Å²) in [6, 6.07) is 3.00. The summed E-state index contributed by atoms with van der Waals surface area (Å²) in [5.74, 6) is 0.476. The molecule has 2 N–H and O–H groups in total. The molecule has 0 radical (unpaired) electrons. The molecule has 1 aromatic rings. The minimum Gasteiger partial charge on any atom is -0.490 e.